The van der Waals surface area contributed by atoms with Gasteiger partial charge in [0.2, 0.25) is 5.91 Å². The van der Waals surface area contributed by atoms with Gasteiger partial charge in [0.25, 0.3) is 0 Å². The van der Waals surface area contributed by atoms with Crippen LogP contribution in [-0.2, 0) is 11.3 Å². The van der Waals surface area contributed by atoms with Crippen LogP contribution in [0.2, 0.25) is 0 Å². The van der Waals surface area contributed by atoms with Crippen molar-refractivity contribution in [3.8, 4) is 0 Å². The molecular weight excluding hydrogens is 290 g/mol. The summed E-state index contributed by atoms with van der Waals surface area (Å²) in [4.78, 5) is 14.3. The lowest BCUT2D eigenvalue weighted by Crippen LogP contribution is -2.35. The first-order valence-electron chi connectivity index (χ1n) is 8.69. The first-order valence-corrected chi connectivity index (χ1v) is 8.69. The summed E-state index contributed by atoms with van der Waals surface area (Å²) in [6, 6.07) is 8.63. The SMILES string of the molecule is O=C(CNc1ccccc1CN1CCC(CO)CC1)NC1CC1. The van der Waals surface area contributed by atoms with E-state index in [2.05, 4.69) is 21.6 Å². The molecule has 1 amide bonds. The number of aliphatic hydroxyl groups is 1. The Balaban J connectivity index is 1.51. The maximum atomic E-state index is 11.8. The van der Waals surface area contributed by atoms with Crippen molar-refractivity contribution in [3.05, 3.63) is 29.8 Å². The average molecular weight is 317 g/mol. The van der Waals surface area contributed by atoms with Gasteiger partial charge in [-0.05, 0) is 56.3 Å². The Hall–Kier alpha value is -1.59. The van der Waals surface area contributed by atoms with Crippen LogP contribution in [0.1, 0.15) is 31.2 Å². The number of aliphatic hydroxyl groups excluding tert-OH is 1. The number of benzene rings is 1. The van der Waals surface area contributed by atoms with Gasteiger partial charge in [-0.15, -0.1) is 0 Å². The zero-order valence-electron chi connectivity index (χ0n) is 13.6. The molecule has 1 aliphatic heterocycles. The third kappa shape index (κ3) is 4.94. The van der Waals surface area contributed by atoms with Crippen LogP contribution in [-0.4, -0.2) is 48.2 Å². The van der Waals surface area contributed by atoms with Gasteiger partial charge in [-0.25, -0.2) is 0 Å². The van der Waals surface area contributed by atoms with E-state index in [4.69, 9.17) is 0 Å². The lowest BCUT2D eigenvalue weighted by atomic mass is 9.97. The van der Waals surface area contributed by atoms with Crippen LogP contribution in [0.4, 0.5) is 5.69 Å². The Morgan fingerprint density at radius 2 is 1.91 bits per heavy atom. The van der Waals surface area contributed by atoms with E-state index in [0.29, 0.717) is 25.1 Å². The Labute approximate surface area is 138 Å². The first kappa shape index (κ1) is 16.3. The number of anilines is 1. The van der Waals surface area contributed by atoms with Crippen LogP contribution < -0.4 is 10.6 Å². The summed E-state index contributed by atoms with van der Waals surface area (Å²) < 4.78 is 0. The van der Waals surface area contributed by atoms with Gasteiger partial charge in [0.1, 0.15) is 0 Å². The molecule has 126 valence electrons. The number of carbonyl (C=O) groups excluding carboxylic acids is 1. The van der Waals surface area contributed by atoms with Gasteiger partial charge < -0.3 is 15.7 Å². The smallest absolute Gasteiger partial charge is 0.239 e. The number of para-hydroxylation sites is 1. The minimum atomic E-state index is 0.0751. The number of amides is 1. The summed E-state index contributed by atoms with van der Waals surface area (Å²) in [6.45, 7) is 3.59. The molecule has 3 N–H and O–H groups in total. The number of piperidine rings is 1. The number of carbonyl (C=O) groups is 1. The highest BCUT2D eigenvalue weighted by Gasteiger charge is 2.23. The zero-order valence-corrected chi connectivity index (χ0v) is 13.6. The Morgan fingerprint density at radius 1 is 1.17 bits per heavy atom. The minimum Gasteiger partial charge on any atom is -0.396 e. The van der Waals surface area contributed by atoms with Crippen LogP contribution in [0.3, 0.4) is 0 Å². The fraction of sp³-hybridized carbons (Fsp3) is 0.611. The molecular formula is C18H27N3O2. The number of hydrogen-bond donors (Lipinski definition) is 3. The molecule has 1 saturated carbocycles. The van der Waals surface area contributed by atoms with Gasteiger partial charge in [0.05, 0.1) is 6.54 Å². The molecule has 1 saturated heterocycles. The summed E-state index contributed by atoms with van der Waals surface area (Å²) in [5.41, 5.74) is 2.27. The van der Waals surface area contributed by atoms with Crippen LogP contribution in [0.15, 0.2) is 24.3 Å². The van der Waals surface area contributed by atoms with Crippen molar-refractivity contribution in [3.63, 3.8) is 0 Å². The van der Waals surface area contributed by atoms with Crippen LogP contribution in [0.25, 0.3) is 0 Å². The number of likely N-dealkylation sites (tertiary alicyclic amines) is 1. The molecule has 5 nitrogen and oxygen atoms in total. The quantitative estimate of drug-likeness (QED) is 0.714. The summed E-state index contributed by atoms with van der Waals surface area (Å²) in [6.07, 6.45) is 4.37. The molecule has 1 aromatic rings. The van der Waals surface area contributed by atoms with Gasteiger partial charge >= 0.3 is 0 Å². The third-order valence-electron chi connectivity index (χ3n) is 4.76. The summed E-state index contributed by atoms with van der Waals surface area (Å²) in [5.74, 6) is 0.539. The molecule has 2 aliphatic rings. The molecule has 0 atom stereocenters. The van der Waals surface area contributed by atoms with Gasteiger partial charge in [-0.2, -0.15) is 0 Å². The van der Waals surface area contributed by atoms with E-state index >= 15 is 0 Å². The molecule has 0 unspecified atom stereocenters. The Morgan fingerprint density at radius 3 is 2.61 bits per heavy atom. The lowest BCUT2D eigenvalue weighted by molar-refractivity contribution is -0.119. The maximum absolute atomic E-state index is 11.8. The normalized spacial score (nSPS) is 19.5. The van der Waals surface area contributed by atoms with Gasteiger partial charge in [0, 0.05) is 24.9 Å². The molecule has 23 heavy (non-hydrogen) atoms. The molecule has 5 heteroatoms. The lowest BCUT2D eigenvalue weighted by Gasteiger charge is -2.31. The van der Waals surface area contributed by atoms with Crippen molar-refractivity contribution in [2.45, 2.75) is 38.3 Å². The summed E-state index contributed by atoms with van der Waals surface area (Å²) >= 11 is 0. The molecule has 2 fully saturated rings. The number of nitrogens with one attached hydrogen (secondary N) is 2. The molecule has 1 aliphatic carbocycles. The highest BCUT2D eigenvalue weighted by molar-refractivity contribution is 5.81. The number of nitrogens with zero attached hydrogens (tertiary/aromatic N) is 1. The third-order valence-corrected chi connectivity index (χ3v) is 4.76. The van der Waals surface area contributed by atoms with Crippen molar-refractivity contribution in [2.24, 2.45) is 5.92 Å². The van der Waals surface area contributed by atoms with E-state index < -0.39 is 0 Å². The predicted octanol–water partition coefficient (Wildman–Crippen LogP) is 1.58. The fourth-order valence-corrected chi connectivity index (χ4v) is 3.08. The monoisotopic (exact) mass is 317 g/mol. The van der Waals surface area contributed by atoms with Crippen LogP contribution in [0, 0.1) is 5.92 Å². The minimum absolute atomic E-state index is 0.0751. The highest BCUT2D eigenvalue weighted by atomic mass is 16.3. The Bertz CT molecular complexity index is 523. The van der Waals surface area contributed by atoms with E-state index in [9.17, 15) is 9.90 Å². The van der Waals surface area contributed by atoms with Crippen LogP contribution in [0.5, 0.6) is 0 Å². The first-order chi connectivity index (χ1) is 11.2. The topological polar surface area (TPSA) is 64.6 Å². The molecule has 0 aromatic heterocycles. The molecule has 0 radical (unpaired) electrons. The van der Waals surface area contributed by atoms with Gasteiger partial charge in [0.15, 0.2) is 0 Å². The van der Waals surface area contributed by atoms with Crippen LogP contribution >= 0.6 is 0 Å². The molecule has 0 bridgehead atoms. The average Bonchev–Trinajstić information content (AvgIpc) is 3.39. The Kier molecular flexibility index (Phi) is 5.51. The van der Waals surface area contributed by atoms with E-state index in [0.717, 1.165) is 51.0 Å². The van der Waals surface area contributed by atoms with Crippen molar-refractivity contribution < 1.29 is 9.90 Å². The van der Waals surface area contributed by atoms with E-state index in [1.165, 1.54) is 5.56 Å². The predicted molar refractivity (Wildman–Crippen MR) is 91.2 cm³/mol. The zero-order chi connectivity index (χ0) is 16.1. The summed E-state index contributed by atoms with van der Waals surface area (Å²) in [7, 11) is 0. The number of rotatable bonds is 7. The van der Waals surface area contributed by atoms with Crippen molar-refractivity contribution in [1.82, 2.24) is 10.2 Å². The fourth-order valence-electron chi connectivity index (χ4n) is 3.08. The second-order valence-electron chi connectivity index (χ2n) is 6.75. The summed E-state index contributed by atoms with van der Waals surface area (Å²) in [5, 5.41) is 15.5. The number of hydrogen-bond acceptors (Lipinski definition) is 4. The standard InChI is InChI=1S/C18H27N3O2/c22-13-14-7-9-21(10-8-14)12-15-3-1-2-4-17(15)19-11-18(23)20-16-5-6-16/h1-4,14,16,19,22H,5-13H2,(H,20,23). The van der Waals surface area contributed by atoms with Crippen molar-refractivity contribution >= 4 is 11.6 Å². The maximum Gasteiger partial charge on any atom is 0.239 e. The van der Waals surface area contributed by atoms with E-state index in [1.807, 2.05) is 18.2 Å². The van der Waals surface area contributed by atoms with Crippen molar-refractivity contribution in [2.75, 3.05) is 31.6 Å². The molecule has 1 heterocycles. The highest BCUT2D eigenvalue weighted by Crippen LogP contribution is 2.22. The largest absolute Gasteiger partial charge is 0.396 e. The van der Waals surface area contributed by atoms with E-state index in [-0.39, 0.29) is 5.91 Å². The van der Waals surface area contributed by atoms with Gasteiger partial charge in [-0.3, -0.25) is 9.69 Å². The molecule has 3 rings (SSSR count). The molecule has 0 spiro atoms. The molecule has 1 aromatic carbocycles. The van der Waals surface area contributed by atoms with E-state index in [1.54, 1.807) is 0 Å². The van der Waals surface area contributed by atoms with Crippen molar-refractivity contribution in [1.29, 1.82) is 0 Å². The van der Waals surface area contributed by atoms with Gasteiger partial charge in [-0.1, -0.05) is 18.2 Å². The second kappa shape index (κ2) is 7.79. The second-order valence-corrected chi connectivity index (χ2v) is 6.75.